The van der Waals surface area contributed by atoms with Gasteiger partial charge in [-0.25, -0.2) is 4.68 Å². The van der Waals surface area contributed by atoms with Crippen LogP contribution in [-0.2, 0) is 0 Å². The maximum atomic E-state index is 11.1. The summed E-state index contributed by atoms with van der Waals surface area (Å²) in [5.74, 6) is 0.453. The van der Waals surface area contributed by atoms with Crippen LogP contribution in [-0.4, -0.2) is 30.1 Å². The standard InChI is InChI=1S/C23H17N5O2/c29-21(23-26-25-22(30-23)16-8-3-1-4-9-16)19-15-28(18-11-5-2-6-12-18)27-20(19)17-10-7-13-24-14-17/h1-15,21,29H/t21-/m0/s1. The maximum absolute atomic E-state index is 11.1. The second-order valence-electron chi connectivity index (χ2n) is 6.67. The molecule has 5 rings (SSSR count). The third-order valence-corrected chi connectivity index (χ3v) is 4.69. The Morgan fingerprint density at radius 1 is 0.833 bits per heavy atom. The van der Waals surface area contributed by atoms with Gasteiger partial charge >= 0.3 is 0 Å². The number of aliphatic hydroxyl groups excluding tert-OH is 1. The zero-order valence-corrected chi connectivity index (χ0v) is 15.8. The topological polar surface area (TPSA) is 89.9 Å². The molecule has 3 aromatic heterocycles. The molecule has 1 atom stereocenters. The lowest BCUT2D eigenvalue weighted by molar-refractivity contribution is 0.184. The Bertz CT molecular complexity index is 1250. The molecule has 0 aliphatic rings. The summed E-state index contributed by atoms with van der Waals surface area (Å²) >= 11 is 0. The fourth-order valence-corrected chi connectivity index (χ4v) is 3.20. The van der Waals surface area contributed by atoms with Crippen LogP contribution in [0.1, 0.15) is 17.6 Å². The van der Waals surface area contributed by atoms with E-state index < -0.39 is 6.10 Å². The Morgan fingerprint density at radius 3 is 2.30 bits per heavy atom. The molecule has 0 aliphatic heterocycles. The van der Waals surface area contributed by atoms with Crippen molar-refractivity contribution in [2.75, 3.05) is 0 Å². The van der Waals surface area contributed by atoms with Gasteiger partial charge in [-0.1, -0.05) is 36.4 Å². The number of aromatic nitrogens is 5. The molecule has 0 radical (unpaired) electrons. The van der Waals surface area contributed by atoms with Gasteiger partial charge in [-0.15, -0.1) is 10.2 Å². The van der Waals surface area contributed by atoms with Gasteiger partial charge < -0.3 is 9.52 Å². The third-order valence-electron chi connectivity index (χ3n) is 4.69. The lowest BCUT2D eigenvalue weighted by atomic mass is 10.1. The van der Waals surface area contributed by atoms with Crippen LogP contribution < -0.4 is 0 Å². The van der Waals surface area contributed by atoms with Crippen molar-refractivity contribution in [3.63, 3.8) is 0 Å². The second-order valence-corrected chi connectivity index (χ2v) is 6.67. The second kappa shape index (κ2) is 7.73. The predicted octanol–water partition coefficient (Wildman–Crippen LogP) is 4.07. The summed E-state index contributed by atoms with van der Waals surface area (Å²) in [5, 5.41) is 23.9. The summed E-state index contributed by atoms with van der Waals surface area (Å²) in [7, 11) is 0. The number of hydrogen-bond acceptors (Lipinski definition) is 6. The smallest absolute Gasteiger partial charge is 0.250 e. The lowest BCUT2D eigenvalue weighted by Gasteiger charge is -2.06. The summed E-state index contributed by atoms with van der Waals surface area (Å²) in [4.78, 5) is 4.18. The van der Waals surface area contributed by atoms with Crippen LogP contribution >= 0.6 is 0 Å². The van der Waals surface area contributed by atoms with Crippen molar-refractivity contribution in [2.24, 2.45) is 0 Å². The minimum absolute atomic E-state index is 0.103. The van der Waals surface area contributed by atoms with Crippen LogP contribution in [0.5, 0.6) is 0 Å². The number of benzene rings is 2. The van der Waals surface area contributed by atoms with Crippen LogP contribution in [0.25, 0.3) is 28.4 Å². The first-order chi connectivity index (χ1) is 14.8. The van der Waals surface area contributed by atoms with Crippen LogP contribution in [0.3, 0.4) is 0 Å². The molecule has 0 saturated heterocycles. The van der Waals surface area contributed by atoms with Crippen LogP contribution in [0.15, 0.2) is 95.8 Å². The molecule has 0 spiro atoms. The zero-order chi connectivity index (χ0) is 20.3. The number of para-hydroxylation sites is 1. The number of rotatable bonds is 5. The number of aliphatic hydroxyl groups is 1. The van der Waals surface area contributed by atoms with Crippen molar-refractivity contribution in [1.29, 1.82) is 0 Å². The molecule has 7 heteroatoms. The highest BCUT2D eigenvalue weighted by Crippen LogP contribution is 2.32. The molecule has 0 unspecified atom stereocenters. The van der Waals surface area contributed by atoms with E-state index in [4.69, 9.17) is 4.42 Å². The first-order valence-electron chi connectivity index (χ1n) is 9.42. The molecule has 7 nitrogen and oxygen atoms in total. The van der Waals surface area contributed by atoms with Crippen LogP contribution in [0.4, 0.5) is 0 Å². The van der Waals surface area contributed by atoms with Crippen molar-refractivity contribution >= 4 is 0 Å². The van der Waals surface area contributed by atoms with Gasteiger partial charge in [0, 0.05) is 35.3 Å². The van der Waals surface area contributed by atoms with Gasteiger partial charge in [0.15, 0.2) is 6.10 Å². The molecule has 0 amide bonds. The quantitative estimate of drug-likeness (QED) is 0.483. The van der Waals surface area contributed by atoms with E-state index >= 15 is 0 Å². The summed E-state index contributed by atoms with van der Waals surface area (Å²) < 4.78 is 7.48. The van der Waals surface area contributed by atoms with Crippen LogP contribution in [0, 0.1) is 0 Å². The SMILES string of the molecule is O[C@H](c1nnc(-c2ccccc2)o1)c1cn(-c2ccccc2)nc1-c1cccnc1. The first-order valence-corrected chi connectivity index (χ1v) is 9.42. The van der Waals surface area contributed by atoms with Gasteiger partial charge in [-0.05, 0) is 36.4 Å². The molecule has 0 fully saturated rings. The largest absolute Gasteiger partial charge is 0.417 e. The van der Waals surface area contributed by atoms with Gasteiger partial charge in [-0.3, -0.25) is 4.98 Å². The molecule has 0 aliphatic carbocycles. The van der Waals surface area contributed by atoms with E-state index in [0.29, 0.717) is 17.1 Å². The van der Waals surface area contributed by atoms with Gasteiger partial charge in [0.25, 0.3) is 0 Å². The van der Waals surface area contributed by atoms with Gasteiger partial charge in [0.05, 0.1) is 5.69 Å². The molecule has 3 heterocycles. The minimum Gasteiger partial charge on any atom is -0.417 e. The molecular weight excluding hydrogens is 378 g/mol. The summed E-state index contributed by atoms with van der Waals surface area (Å²) in [6, 6.07) is 22.8. The molecule has 2 aromatic carbocycles. The Hall–Kier alpha value is -4.10. The van der Waals surface area contributed by atoms with E-state index in [-0.39, 0.29) is 5.89 Å². The van der Waals surface area contributed by atoms with Crippen molar-refractivity contribution < 1.29 is 9.52 Å². The number of nitrogens with zero attached hydrogens (tertiary/aromatic N) is 5. The molecular formula is C23H17N5O2. The monoisotopic (exact) mass is 395 g/mol. The maximum Gasteiger partial charge on any atom is 0.250 e. The minimum atomic E-state index is -1.14. The van der Waals surface area contributed by atoms with Crippen LogP contribution in [0.2, 0.25) is 0 Å². The van der Waals surface area contributed by atoms with E-state index in [1.807, 2.05) is 72.8 Å². The van der Waals surface area contributed by atoms with Gasteiger partial charge in [-0.2, -0.15) is 5.10 Å². The highest BCUT2D eigenvalue weighted by molar-refractivity contribution is 5.63. The summed E-state index contributed by atoms with van der Waals surface area (Å²) in [6.45, 7) is 0. The van der Waals surface area contributed by atoms with Gasteiger partial charge in [0.1, 0.15) is 5.69 Å². The number of hydrogen-bond donors (Lipinski definition) is 1. The van der Waals surface area contributed by atoms with Gasteiger partial charge in [0.2, 0.25) is 11.8 Å². The van der Waals surface area contributed by atoms with Crippen molar-refractivity contribution in [3.8, 4) is 28.4 Å². The summed E-state index contributed by atoms with van der Waals surface area (Å²) in [6.07, 6.45) is 4.03. The molecule has 0 saturated carbocycles. The Morgan fingerprint density at radius 2 is 1.57 bits per heavy atom. The van der Waals surface area contributed by atoms with Crippen molar-refractivity contribution in [3.05, 3.63) is 103 Å². The van der Waals surface area contributed by atoms with Crippen molar-refractivity contribution in [1.82, 2.24) is 25.0 Å². The normalized spacial score (nSPS) is 12.0. The van der Waals surface area contributed by atoms with E-state index in [1.54, 1.807) is 23.3 Å². The Kier molecular flexibility index (Phi) is 4.63. The van der Waals surface area contributed by atoms with Crippen molar-refractivity contribution in [2.45, 2.75) is 6.10 Å². The Balaban J connectivity index is 1.57. The molecule has 0 bridgehead atoms. The zero-order valence-electron chi connectivity index (χ0n) is 15.8. The average molecular weight is 395 g/mol. The molecule has 30 heavy (non-hydrogen) atoms. The van der Waals surface area contributed by atoms with E-state index in [9.17, 15) is 5.11 Å². The van der Waals surface area contributed by atoms with E-state index in [0.717, 1.165) is 16.8 Å². The van der Waals surface area contributed by atoms with E-state index in [1.165, 1.54) is 0 Å². The first kappa shape index (κ1) is 18.0. The average Bonchev–Trinajstić information content (AvgIpc) is 3.49. The highest BCUT2D eigenvalue weighted by atomic mass is 16.4. The highest BCUT2D eigenvalue weighted by Gasteiger charge is 2.25. The fourth-order valence-electron chi connectivity index (χ4n) is 3.20. The number of pyridine rings is 1. The third kappa shape index (κ3) is 3.38. The molecule has 5 aromatic rings. The predicted molar refractivity (Wildman–Crippen MR) is 111 cm³/mol. The fraction of sp³-hybridized carbons (Fsp3) is 0.0435. The molecule has 146 valence electrons. The van der Waals surface area contributed by atoms with E-state index in [2.05, 4.69) is 20.3 Å². The Labute approximate surface area is 172 Å². The molecule has 1 N–H and O–H groups in total. The summed E-state index contributed by atoms with van der Waals surface area (Å²) in [5.41, 5.74) is 3.59. The lowest BCUT2D eigenvalue weighted by Crippen LogP contribution is -2.01.